The van der Waals surface area contributed by atoms with E-state index in [2.05, 4.69) is 21.2 Å². The van der Waals surface area contributed by atoms with Crippen molar-refractivity contribution in [1.29, 1.82) is 0 Å². The van der Waals surface area contributed by atoms with Gasteiger partial charge in [-0.2, -0.15) is 5.10 Å². The number of aryl methyl sites for hydroxylation is 1. The molecule has 0 radical (unpaired) electrons. The molecule has 3 aromatic rings. The number of amides is 3. The van der Waals surface area contributed by atoms with Crippen molar-refractivity contribution < 1.29 is 28.6 Å². The molecule has 192 valence electrons. The molecule has 0 saturated carbocycles. The Morgan fingerprint density at radius 1 is 0.865 bits per heavy atom. The number of benzene rings is 3. The number of carbonyl (C=O) groups excluding carboxylic acids is 3. The molecule has 0 bridgehead atoms. The lowest BCUT2D eigenvalue weighted by Gasteiger charge is -2.13. The summed E-state index contributed by atoms with van der Waals surface area (Å²) >= 11 is 0. The Morgan fingerprint density at radius 2 is 1.68 bits per heavy atom. The van der Waals surface area contributed by atoms with Crippen molar-refractivity contribution in [3.05, 3.63) is 77.9 Å². The van der Waals surface area contributed by atoms with Gasteiger partial charge in [0.15, 0.2) is 18.1 Å². The average molecular weight is 505 g/mol. The number of rotatable bonds is 10. The van der Waals surface area contributed by atoms with E-state index in [1.807, 2.05) is 31.2 Å². The first-order valence-electron chi connectivity index (χ1n) is 11.4. The number of carbonyl (C=O) groups is 3. The summed E-state index contributed by atoms with van der Waals surface area (Å²) in [5, 5.41) is 9.12. The number of anilines is 2. The lowest BCUT2D eigenvalue weighted by molar-refractivity contribution is -0.136. The van der Waals surface area contributed by atoms with Crippen molar-refractivity contribution in [3.63, 3.8) is 0 Å². The molecule has 3 N–H and O–H groups in total. The average Bonchev–Trinajstić information content (AvgIpc) is 2.92. The van der Waals surface area contributed by atoms with E-state index in [4.69, 9.17) is 14.2 Å². The molecule has 10 nitrogen and oxygen atoms in total. The zero-order valence-corrected chi connectivity index (χ0v) is 20.7. The Labute approximate surface area is 214 Å². The van der Waals surface area contributed by atoms with Gasteiger partial charge in [0.1, 0.15) is 5.75 Å². The van der Waals surface area contributed by atoms with Gasteiger partial charge >= 0.3 is 11.8 Å². The molecule has 0 aromatic heterocycles. The highest BCUT2D eigenvalue weighted by molar-refractivity contribution is 6.39. The highest BCUT2D eigenvalue weighted by Crippen LogP contribution is 2.27. The fourth-order valence-electron chi connectivity index (χ4n) is 3.27. The predicted molar refractivity (Wildman–Crippen MR) is 140 cm³/mol. The van der Waals surface area contributed by atoms with Crippen LogP contribution in [-0.4, -0.2) is 44.8 Å². The van der Waals surface area contributed by atoms with E-state index in [0.717, 1.165) is 17.7 Å². The Hall–Kier alpha value is -4.86. The Bertz CT molecular complexity index is 1290. The molecule has 10 heteroatoms. The first-order valence-corrected chi connectivity index (χ1v) is 11.4. The van der Waals surface area contributed by atoms with Gasteiger partial charge in [-0.25, -0.2) is 5.43 Å². The molecule has 0 fully saturated rings. The van der Waals surface area contributed by atoms with Crippen LogP contribution in [0.2, 0.25) is 0 Å². The Balaban J connectivity index is 1.53. The van der Waals surface area contributed by atoms with Crippen LogP contribution in [0.1, 0.15) is 18.1 Å². The first-order chi connectivity index (χ1) is 17.9. The van der Waals surface area contributed by atoms with Crippen molar-refractivity contribution in [2.24, 2.45) is 5.10 Å². The number of para-hydroxylation sites is 1. The SMILES string of the molecule is CCc1ccccc1NC(=O)COc1ccc(/C=N\NC(=O)C(=O)Nc2cccc(OC)c2)cc1OC. The van der Waals surface area contributed by atoms with Crippen LogP contribution in [0, 0.1) is 0 Å². The maximum Gasteiger partial charge on any atom is 0.329 e. The molecule has 0 spiro atoms. The number of methoxy groups -OCH3 is 2. The van der Waals surface area contributed by atoms with Crippen LogP contribution >= 0.6 is 0 Å². The summed E-state index contributed by atoms with van der Waals surface area (Å²) in [6.45, 7) is 1.81. The molecule has 37 heavy (non-hydrogen) atoms. The van der Waals surface area contributed by atoms with Gasteiger partial charge in [-0.05, 0) is 53.9 Å². The molecule has 0 saturated heterocycles. The van der Waals surface area contributed by atoms with Crippen LogP contribution in [0.15, 0.2) is 71.8 Å². The molecular formula is C27H28N4O6. The van der Waals surface area contributed by atoms with Crippen LogP contribution in [0.25, 0.3) is 0 Å². The topological polar surface area (TPSA) is 127 Å². The van der Waals surface area contributed by atoms with Gasteiger partial charge in [0.05, 0.1) is 20.4 Å². The number of hydrazone groups is 1. The number of nitrogens with one attached hydrogen (secondary N) is 3. The maximum atomic E-state index is 12.4. The van der Waals surface area contributed by atoms with Crippen LogP contribution in [0.5, 0.6) is 17.2 Å². The largest absolute Gasteiger partial charge is 0.497 e. The number of ether oxygens (including phenoxy) is 3. The van der Waals surface area contributed by atoms with Gasteiger partial charge in [-0.1, -0.05) is 31.2 Å². The summed E-state index contributed by atoms with van der Waals surface area (Å²) < 4.78 is 16.1. The third kappa shape index (κ3) is 7.82. The standard InChI is InChI=1S/C27H28N4O6/c1-4-19-8-5-6-11-22(19)30-25(32)17-37-23-13-12-18(14-24(23)36-3)16-28-31-27(34)26(33)29-20-9-7-10-21(15-20)35-2/h5-16H,4,17H2,1-3H3,(H,29,33)(H,30,32)(H,31,34)/b28-16-. The molecule has 3 rings (SSSR count). The minimum atomic E-state index is -0.943. The predicted octanol–water partition coefficient (Wildman–Crippen LogP) is 3.37. The second-order valence-corrected chi connectivity index (χ2v) is 7.64. The summed E-state index contributed by atoms with van der Waals surface area (Å²) in [5.74, 6) is -0.857. The Kier molecular flexibility index (Phi) is 9.60. The number of hydrogen-bond donors (Lipinski definition) is 3. The fraction of sp³-hybridized carbons (Fsp3) is 0.185. The van der Waals surface area contributed by atoms with Crippen molar-refractivity contribution in [3.8, 4) is 17.2 Å². The highest BCUT2D eigenvalue weighted by atomic mass is 16.5. The van der Waals surface area contributed by atoms with Crippen LogP contribution in [-0.2, 0) is 20.8 Å². The van der Waals surface area contributed by atoms with Crippen molar-refractivity contribution in [2.75, 3.05) is 31.5 Å². The lowest BCUT2D eigenvalue weighted by atomic mass is 10.1. The van der Waals surface area contributed by atoms with E-state index in [1.165, 1.54) is 20.4 Å². The van der Waals surface area contributed by atoms with E-state index < -0.39 is 11.8 Å². The van der Waals surface area contributed by atoms with Crippen LogP contribution in [0.4, 0.5) is 11.4 Å². The normalized spacial score (nSPS) is 10.5. The van der Waals surface area contributed by atoms with Crippen molar-refractivity contribution in [2.45, 2.75) is 13.3 Å². The van der Waals surface area contributed by atoms with E-state index in [9.17, 15) is 14.4 Å². The summed E-state index contributed by atoms with van der Waals surface area (Å²) in [5.41, 5.74) is 4.92. The summed E-state index contributed by atoms with van der Waals surface area (Å²) in [6, 6.07) is 19.1. The van der Waals surface area contributed by atoms with Crippen LogP contribution < -0.4 is 30.3 Å². The molecule has 0 aliphatic rings. The minimum absolute atomic E-state index is 0.208. The van der Waals surface area contributed by atoms with E-state index in [-0.39, 0.29) is 12.5 Å². The smallest absolute Gasteiger partial charge is 0.329 e. The molecule has 0 aliphatic carbocycles. The lowest BCUT2D eigenvalue weighted by Crippen LogP contribution is -2.32. The third-order valence-corrected chi connectivity index (χ3v) is 5.13. The fourth-order valence-corrected chi connectivity index (χ4v) is 3.27. The van der Waals surface area contributed by atoms with E-state index in [0.29, 0.717) is 28.5 Å². The molecule has 0 atom stereocenters. The molecule has 0 unspecified atom stereocenters. The zero-order valence-electron chi connectivity index (χ0n) is 20.7. The zero-order chi connectivity index (χ0) is 26.6. The van der Waals surface area contributed by atoms with Gasteiger partial charge in [-0.15, -0.1) is 0 Å². The summed E-state index contributed by atoms with van der Waals surface area (Å²) in [6.07, 6.45) is 2.14. The van der Waals surface area contributed by atoms with Crippen LogP contribution in [0.3, 0.4) is 0 Å². The third-order valence-electron chi connectivity index (χ3n) is 5.13. The molecule has 3 amide bonds. The summed E-state index contributed by atoms with van der Waals surface area (Å²) in [4.78, 5) is 36.5. The Morgan fingerprint density at radius 3 is 2.43 bits per heavy atom. The second kappa shape index (κ2) is 13.3. The van der Waals surface area contributed by atoms with Gasteiger partial charge in [-0.3, -0.25) is 14.4 Å². The highest BCUT2D eigenvalue weighted by Gasteiger charge is 2.14. The van der Waals surface area contributed by atoms with E-state index >= 15 is 0 Å². The van der Waals surface area contributed by atoms with Gasteiger partial charge in [0, 0.05) is 17.4 Å². The second-order valence-electron chi connectivity index (χ2n) is 7.64. The van der Waals surface area contributed by atoms with E-state index in [1.54, 1.807) is 42.5 Å². The maximum absolute atomic E-state index is 12.4. The number of hydrogen-bond acceptors (Lipinski definition) is 7. The van der Waals surface area contributed by atoms with Gasteiger partial charge in [0.2, 0.25) is 0 Å². The van der Waals surface area contributed by atoms with Gasteiger partial charge < -0.3 is 24.8 Å². The summed E-state index contributed by atoms with van der Waals surface area (Å²) in [7, 11) is 2.96. The number of nitrogens with zero attached hydrogens (tertiary/aromatic N) is 1. The minimum Gasteiger partial charge on any atom is -0.497 e. The van der Waals surface area contributed by atoms with Crippen molar-refractivity contribution in [1.82, 2.24) is 5.43 Å². The van der Waals surface area contributed by atoms with Crippen molar-refractivity contribution >= 4 is 35.3 Å². The van der Waals surface area contributed by atoms with Gasteiger partial charge in [0.25, 0.3) is 5.91 Å². The quantitative estimate of drug-likeness (QED) is 0.221. The molecular weight excluding hydrogens is 476 g/mol. The molecule has 0 aliphatic heterocycles. The first kappa shape index (κ1) is 26.7. The molecule has 3 aromatic carbocycles. The molecule has 0 heterocycles. The monoisotopic (exact) mass is 504 g/mol.